The minimum Gasteiger partial charge on any atom is -0.263 e. The Morgan fingerprint density at radius 2 is 1.88 bits per heavy atom. The van der Waals surface area contributed by atoms with Gasteiger partial charge >= 0.3 is 0 Å². The Bertz CT molecular complexity index is 1070. The van der Waals surface area contributed by atoms with Gasteiger partial charge in [-0.15, -0.1) is 0 Å². The van der Waals surface area contributed by atoms with Gasteiger partial charge in [0, 0.05) is 10.5 Å². The predicted octanol–water partition coefficient (Wildman–Crippen LogP) is 3.62. The fourth-order valence-electron chi connectivity index (χ4n) is 2.29. The number of hydrogen-bond acceptors (Lipinski definition) is 4. The molecule has 8 heteroatoms. The fraction of sp³-hybridized carbons (Fsp3) is 0.0588. The largest absolute Gasteiger partial charge is 0.263 e. The highest BCUT2D eigenvalue weighted by Gasteiger charge is 2.19. The Morgan fingerprint density at radius 3 is 2.52 bits per heavy atom. The zero-order valence-electron chi connectivity index (χ0n) is 13.1. The highest BCUT2D eigenvalue weighted by atomic mass is 79.9. The van der Waals surface area contributed by atoms with Crippen molar-refractivity contribution in [2.24, 2.45) is 0 Å². The molecule has 0 fully saturated rings. The fourth-order valence-corrected chi connectivity index (χ4v) is 3.97. The van der Waals surface area contributed by atoms with Crippen molar-refractivity contribution in [3.05, 3.63) is 70.3 Å². The smallest absolute Gasteiger partial charge is 0.263 e. The summed E-state index contributed by atoms with van der Waals surface area (Å²) >= 11 is 3.21. The topological polar surface area (TPSA) is 87.8 Å². The van der Waals surface area contributed by atoms with Crippen molar-refractivity contribution >= 4 is 31.8 Å². The monoisotopic (exact) mass is 416 g/mol. The molecule has 0 amide bonds. The second kappa shape index (κ2) is 6.70. The molecule has 3 aromatic rings. The van der Waals surface area contributed by atoms with Gasteiger partial charge in [-0.25, -0.2) is 13.1 Å². The van der Waals surface area contributed by atoms with Gasteiger partial charge < -0.3 is 0 Å². The van der Waals surface area contributed by atoms with Crippen LogP contribution in [0.25, 0.3) is 5.69 Å². The maximum atomic E-state index is 12.7. The summed E-state index contributed by atoms with van der Waals surface area (Å²) in [5, 5.41) is 13.3. The molecule has 0 atom stereocenters. The Hall–Kier alpha value is -2.63. The maximum absolute atomic E-state index is 12.7. The molecule has 0 aliphatic carbocycles. The van der Waals surface area contributed by atoms with Crippen molar-refractivity contribution in [2.75, 3.05) is 4.72 Å². The van der Waals surface area contributed by atoms with E-state index in [1.165, 1.54) is 22.9 Å². The van der Waals surface area contributed by atoms with E-state index < -0.39 is 10.0 Å². The summed E-state index contributed by atoms with van der Waals surface area (Å²) in [6.45, 7) is 1.79. The third-order valence-corrected chi connectivity index (χ3v) is 5.45. The van der Waals surface area contributed by atoms with Crippen molar-refractivity contribution in [1.29, 1.82) is 5.26 Å². The molecule has 0 aliphatic heterocycles. The van der Waals surface area contributed by atoms with Gasteiger partial charge in [0.05, 0.1) is 21.8 Å². The summed E-state index contributed by atoms with van der Waals surface area (Å²) in [6.07, 6.45) is 0. The van der Waals surface area contributed by atoms with E-state index in [2.05, 4.69) is 25.8 Å². The lowest BCUT2D eigenvalue weighted by Gasteiger charge is -2.11. The van der Waals surface area contributed by atoms with Gasteiger partial charge in [-0.05, 0) is 53.2 Å². The molecule has 0 spiro atoms. The van der Waals surface area contributed by atoms with Gasteiger partial charge in [-0.3, -0.25) is 4.72 Å². The molecular formula is C17H13BrN4O2S. The summed E-state index contributed by atoms with van der Waals surface area (Å²) in [6, 6.07) is 17.1. The Labute approximate surface area is 153 Å². The zero-order valence-corrected chi connectivity index (χ0v) is 15.5. The van der Waals surface area contributed by atoms with Crippen molar-refractivity contribution in [3.63, 3.8) is 0 Å². The molecule has 1 aromatic heterocycles. The number of hydrogen-bond donors (Lipinski definition) is 1. The second-order valence-electron chi connectivity index (χ2n) is 5.28. The molecule has 1 N–H and O–H groups in total. The first kappa shape index (κ1) is 17.2. The van der Waals surface area contributed by atoms with Crippen LogP contribution in [0.15, 0.2) is 64.0 Å². The summed E-state index contributed by atoms with van der Waals surface area (Å²) in [7, 11) is -3.83. The first-order valence-electron chi connectivity index (χ1n) is 7.25. The molecule has 6 nitrogen and oxygen atoms in total. The number of sulfonamides is 1. The Morgan fingerprint density at radius 1 is 1.16 bits per heavy atom. The number of rotatable bonds is 4. The number of nitrogens with one attached hydrogen (secondary N) is 1. The molecule has 25 heavy (non-hydrogen) atoms. The molecule has 0 radical (unpaired) electrons. The molecule has 3 rings (SSSR count). The van der Waals surface area contributed by atoms with Crippen LogP contribution < -0.4 is 4.72 Å². The SMILES string of the molecule is Cc1cc(NS(=O)(=O)c2ccc(C#N)c(Br)c2)n(-c2ccccc2)n1. The van der Waals surface area contributed by atoms with E-state index >= 15 is 0 Å². The standard InChI is InChI=1S/C17H13BrN4O2S/c1-12-9-17(22(20-12)14-5-3-2-4-6-14)21-25(23,24)15-8-7-13(11-19)16(18)10-15/h2-10,21H,1H3. The molecule has 0 bridgehead atoms. The molecular weight excluding hydrogens is 404 g/mol. The number of halogens is 1. The average Bonchev–Trinajstić information content (AvgIpc) is 2.95. The maximum Gasteiger partial charge on any atom is 0.263 e. The van der Waals surface area contributed by atoms with Crippen molar-refractivity contribution in [2.45, 2.75) is 11.8 Å². The zero-order chi connectivity index (χ0) is 18.0. The molecule has 0 aliphatic rings. The summed E-state index contributed by atoms with van der Waals surface area (Å²) in [5.74, 6) is 0.337. The number of anilines is 1. The van der Waals surface area contributed by atoms with Crippen LogP contribution in [0.1, 0.15) is 11.3 Å². The van der Waals surface area contributed by atoms with E-state index in [9.17, 15) is 8.42 Å². The first-order chi connectivity index (χ1) is 11.9. The lowest BCUT2D eigenvalue weighted by molar-refractivity contribution is 0.600. The van der Waals surface area contributed by atoms with E-state index in [1.807, 2.05) is 36.4 Å². The van der Waals surface area contributed by atoms with Crippen LogP contribution in [0, 0.1) is 18.3 Å². The van der Waals surface area contributed by atoms with Crippen molar-refractivity contribution in [3.8, 4) is 11.8 Å². The Balaban J connectivity index is 2.00. The lowest BCUT2D eigenvalue weighted by Crippen LogP contribution is -2.16. The van der Waals surface area contributed by atoms with E-state index in [-0.39, 0.29) is 4.90 Å². The Kier molecular flexibility index (Phi) is 4.61. The van der Waals surface area contributed by atoms with Gasteiger partial charge in [0.1, 0.15) is 11.9 Å². The highest BCUT2D eigenvalue weighted by molar-refractivity contribution is 9.10. The number of nitriles is 1. The minimum absolute atomic E-state index is 0.0526. The van der Waals surface area contributed by atoms with E-state index in [4.69, 9.17) is 5.26 Å². The quantitative estimate of drug-likeness (QED) is 0.703. The normalized spacial score (nSPS) is 11.1. The van der Waals surface area contributed by atoms with Crippen LogP contribution in [0.4, 0.5) is 5.82 Å². The van der Waals surface area contributed by atoms with Crippen LogP contribution in [0.3, 0.4) is 0 Å². The third-order valence-electron chi connectivity index (χ3n) is 3.44. The first-order valence-corrected chi connectivity index (χ1v) is 9.53. The predicted molar refractivity (Wildman–Crippen MR) is 98.0 cm³/mol. The van der Waals surface area contributed by atoms with Gasteiger partial charge in [0.15, 0.2) is 0 Å². The summed E-state index contributed by atoms with van der Waals surface area (Å²) in [5.41, 5.74) is 1.79. The molecule has 0 unspecified atom stereocenters. The van der Waals surface area contributed by atoms with Gasteiger partial charge in [-0.2, -0.15) is 10.4 Å². The number of benzene rings is 2. The minimum atomic E-state index is -3.83. The van der Waals surface area contributed by atoms with Crippen LogP contribution >= 0.6 is 15.9 Å². The molecule has 2 aromatic carbocycles. The van der Waals surface area contributed by atoms with Gasteiger partial charge in [0.25, 0.3) is 10.0 Å². The van der Waals surface area contributed by atoms with E-state index in [0.29, 0.717) is 21.5 Å². The second-order valence-corrected chi connectivity index (χ2v) is 7.81. The number of nitrogens with zero attached hydrogens (tertiary/aromatic N) is 3. The van der Waals surface area contributed by atoms with Crippen molar-refractivity contribution in [1.82, 2.24) is 9.78 Å². The highest BCUT2D eigenvalue weighted by Crippen LogP contribution is 2.24. The lowest BCUT2D eigenvalue weighted by atomic mass is 10.2. The van der Waals surface area contributed by atoms with Crippen LogP contribution in [-0.2, 0) is 10.0 Å². The molecule has 0 saturated heterocycles. The van der Waals surface area contributed by atoms with Crippen LogP contribution in [0.5, 0.6) is 0 Å². The van der Waals surface area contributed by atoms with Crippen LogP contribution in [-0.4, -0.2) is 18.2 Å². The summed E-state index contributed by atoms with van der Waals surface area (Å²) in [4.78, 5) is 0.0526. The number of aromatic nitrogens is 2. The third kappa shape index (κ3) is 3.57. The molecule has 1 heterocycles. The van der Waals surface area contributed by atoms with Crippen LogP contribution in [0.2, 0.25) is 0 Å². The average molecular weight is 417 g/mol. The van der Waals surface area contributed by atoms with Gasteiger partial charge in [-0.1, -0.05) is 18.2 Å². The molecule has 0 saturated carbocycles. The number of aryl methyl sites for hydroxylation is 1. The van der Waals surface area contributed by atoms with E-state index in [0.717, 1.165) is 5.69 Å². The molecule has 126 valence electrons. The number of para-hydroxylation sites is 1. The van der Waals surface area contributed by atoms with Gasteiger partial charge in [0.2, 0.25) is 0 Å². The van der Waals surface area contributed by atoms with E-state index in [1.54, 1.807) is 13.0 Å². The van der Waals surface area contributed by atoms with Crippen molar-refractivity contribution < 1.29 is 8.42 Å². The summed E-state index contributed by atoms with van der Waals surface area (Å²) < 4.78 is 29.9.